The molecule has 0 bridgehead atoms. The molecule has 1 aromatic rings. The summed E-state index contributed by atoms with van der Waals surface area (Å²) in [5.41, 5.74) is 1.17. The predicted octanol–water partition coefficient (Wildman–Crippen LogP) is 2.77. The molecule has 0 aliphatic carbocycles. The Morgan fingerprint density at radius 3 is 2.80 bits per heavy atom. The SMILES string of the molecule is C[C@]1(COCc2ccccc2)CCCO1. The Labute approximate surface area is 91.2 Å². The van der Waals surface area contributed by atoms with E-state index in [-0.39, 0.29) is 5.60 Å². The van der Waals surface area contributed by atoms with Crippen LogP contribution in [0, 0.1) is 0 Å². The average molecular weight is 206 g/mol. The fraction of sp³-hybridized carbons (Fsp3) is 0.538. The molecule has 82 valence electrons. The Balaban J connectivity index is 1.75. The fourth-order valence-electron chi connectivity index (χ4n) is 1.91. The van der Waals surface area contributed by atoms with Crippen LogP contribution in [0.15, 0.2) is 30.3 Å². The summed E-state index contributed by atoms with van der Waals surface area (Å²) in [5, 5.41) is 0. The number of hydrogen-bond acceptors (Lipinski definition) is 2. The first-order chi connectivity index (χ1) is 7.29. The van der Waals surface area contributed by atoms with Crippen molar-refractivity contribution in [3.8, 4) is 0 Å². The second kappa shape index (κ2) is 4.77. The second-order valence-electron chi connectivity index (χ2n) is 4.38. The lowest BCUT2D eigenvalue weighted by Gasteiger charge is -2.22. The first-order valence-electron chi connectivity index (χ1n) is 5.54. The van der Waals surface area contributed by atoms with Gasteiger partial charge in [-0.25, -0.2) is 0 Å². The van der Waals surface area contributed by atoms with E-state index < -0.39 is 0 Å². The molecule has 1 aromatic carbocycles. The van der Waals surface area contributed by atoms with Gasteiger partial charge in [0.15, 0.2) is 0 Å². The average Bonchev–Trinajstić information content (AvgIpc) is 2.67. The van der Waals surface area contributed by atoms with Crippen molar-refractivity contribution in [1.29, 1.82) is 0 Å². The van der Waals surface area contributed by atoms with Gasteiger partial charge in [-0.15, -0.1) is 0 Å². The van der Waals surface area contributed by atoms with E-state index in [0.29, 0.717) is 13.2 Å². The van der Waals surface area contributed by atoms with E-state index in [1.54, 1.807) is 0 Å². The lowest BCUT2D eigenvalue weighted by atomic mass is 10.0. The Morgan fingerprint density at radius 1 is 1.33 bits per heavy atom. The minimum absolute atomic E-state index is 0.0468. The Kier molecular flexibility index (Phi) is 3.39. The molecule has 0 saturated carbocycles. The standard InChI is InChI=1S/C13H18O2/c1-13(8-5-9-15-13)11-14-10-12-6-3-2-4-7-12/h2-4,6-7H,5,8-11H2,1H3/t13-/m1/s1. The van der Waals surface area contributed by atoms with Gasteiger partial charge in [0, 0.05) is 6.61 Å². The predicted molar refractivity (Wildman–Crippen MR) is 59.7 cm³/mol. The van der Waals surface area contributed by atoms with Crippen LogP contribution < -0.4 is 0 Å². The van der Waals surface area contributed by atoms with E-state index in [1.807, 2.05) is 18.2 Å². The van der Waals surface area contributed by atoms with E-state index in [2.05, 4.69) is 19.1 Å². The smallest absolute Gasteiger partial charge is 0.0887 e. The van der Waals surface area contributed by atoms with Crippen LogP contribution in [0.4, 0.5) is 0 Å². The van der Waals surface area contributed by atoms with Gasteiger partial charge < -0.3 is 9.47 Å². The highest BCUT2D eigenvalue weighted by Gasteiger charge is 2.29. The van der Waals surface area contributed by atoms with Crippen molar-refractivity contribution in [3.63, 3.8) is 0 Å². The zero-order valence-corrected chi connectivity index (χ0v) is 9.24. The van der Waals surface area contributed by atoms with Gasteiger partial charge in [-0.05, 0) is 25.3 Å². The molecule has 0 N–H and O–H groups in total. The van der Waals surface area contributed by atoms with Gasteiger partial charge in [-0.1, -0.05) is 30.3 Å². The number of rotatable bonds is 4. The molecule has 0 radical (unpaired) electrons. The Hall–Kier alpha value is -0.860. The highest BCUT2D eigenvalue weighted by molar-refractivity contribution is 5.13. The summed E-state index contributed by atoms with van der Waals surface area (Å²) in [7, 11) is 0. The molecule has 1 aliphatic heterocycles. The zero-order valence-electron chi connectivity index (χ0n) is 9.24. The van der Waals surface area contributed by atoms with Crippen molar-refractivity contribution in [2.75, 3.05) is 13.2 Å². The number of ether oxygens (including phenoxy) is 2. The minimum atomic E-state index is -0.0468. The van der Waals surface area contributed by atoms with Crippen LogP contribution in [0.25, 0.3) is 0 Å². The van der Waals surface area contributed by atoms with E-state index in [4.69, 9.17) is 9.47 Å². The van der Waals surface area contributed by atoms with Gasteiger partial charge in [0.25, 0.3) is 0 Å². The largest absolute Gasteiger partial charge is 0.374 e. The third kappa shape index (κ3) is 3.05. The van der Waals surface area contributed by atoms with Crippen molar-refractivity contribution in [3.05, 3.63) is 35.9 Å². The highest BCUT2D eigenvalue weighted by Crippen LogP contribution is 2.25. The van der Waals surface area contributed by atoms with E-state index >= 15 is 0 Å². The topological polar surface area (TPSA) is 18.5 Å². The molecule has 1 fully saturated rings. The summed E-state index contributed by atoms with van der Waals surface area (Å²) in [6, 6.07) is 10.2. The van der Waals surface area contributed by atoms with Gasteiger partial charge in [0.2, 0.25) is 0 Å². The van der Waals surface area contributed by atoms with Gasteiger partial charge in [-0.2, -0.15) is 0 Å². The fourth-order valence-corrected chi connectivity index (χ4v) is 1.91. The van der Waals surface area contributed by atoms with E-state index in [0.717, 1.165) is 19.4 Å². The van der Waals surface area contributed by atoms with Crippen molar-refractivity contribution < 1.29 is 9.47 Å². The van der Waals surface area contributed by atoms with Crippen LogP contribution in [0.1, 0.15) is 25.3 Å². The number of hydrogen-bond donors (Lipinski definition) is 0. The first-order valence-corrected chi connectivity index (χ1v) is 5.54. The van der Waals surface area contributed by atoms with Crippen LogP contribution >= 0.6 is 0 Å². The zero-order chi connectivity index (χ0) is 10.6. The Bertz CT molecular complexity index is 289. The lowest BCUT2D eigenvalue weighted by molar-refractivity contribution is -0.0559. The van der Waals surface area contributed by atoms with Crippen molar-refractivity contribution >= 4 is 0 Å². The summed E-state index contributed by atoms with van der Waals surface area (Å²) >= 11 is 0. The maximum Gasteiger partial charge on any atom is 0.0887 e. The first kappa shape index (κ1) is 10.7. The molecule has 2 rings (SSSR count). The molecule has 1 atom stereocenters. The molecule has 15 heavy (non-hydrogen) atoms. The molecule has 0 amide bonds. The molecule has 0 aromatic heterocycles. The lowest BCUT2D eigenvalue weighted by Crippen LogP contribution is -2.29. The van der Waals surface area contributed by atoms with Gasteiger partial charge >= 0.3 is 0 Å². The third-order valence-corrected chi connectivity index (χ3v) is 2.82. The maximum absolute atomic E-state index is 5.68. The molecule has 2 nitrogen and oxygen atoms in total. The Morgan fingerprint density at radius 2 is 2.13 bits per heavy atom. The summed E-state index contributed by atoms with van der Waals surface area (Å²) in [6.45, 7) is 4.39. The molecule has 1 heterocycles. The molecule has 1 aliphatic rings. The minimum Gasteiger partial charge on any atom is -0.374 e. The van der Waals surface area contributed by atoms with Crippen molar-refractivity contribution in [2.24, 2.45) is 0 Å². The van der Waals surface area contributed by atoms with E-state index in [9.17, 15) is 0 Å². The van der Waals surface area contributed by atoms with E-state index in [1.165, 1.54) is 5.56 Å². The van der Waals surface area contributed by atoms with Crippen LogP contribution in [-0.2, 0) is 16.1 Å². The van der Waals surface area contributed by atoms with Gasteiger partial charge in [0.05, 0.1) is 18.8 Å². The summed E-state index contributed by atoms with van der Waals surface area (Å²) in [5.74, 6) is 0. The van der Waals surface area contributed by atoms with Crippen LogP contribution in [-0.4, -0.2) is 18.8 Å². The van der Waals surface area contributed by atoms with Gasteiger partial charge in [0.1, 0.15) is 0 Å². The van der Waals surface area contributed by atoms with Crippen molar-refractivity contribution in [1.82, 2.24) is 0 Å². The second-order valence-corrected chi connectivity index (χ2v) is 4.38. The summed E-state index contributed by atoms with van der Waals surface area (Å²) < 4.78 is 11.3. The molecule has 1 saturated heterocycles. The molecule has 0 unspecified atom stereocenters. The highest BCUT2D eigenvalue weighted by atomic mass is 16.5. The summed E-state index contributed by atoms with van der Waals surface area (Å²) in [6.07, 6.45) is 2.27. The third-order valence-electron chi connectivity index (χ3n) is 2.82. The monoisotopic (exact) mass is 206 g/mol. The van der Waals surface area contributed by atoms with Crippen molar-refractivity contribution in [2.45, 2.75) is 32.0 Å². The molecular weight excluding hydrogens is 188 g/mol. The molecule has 0 spiro atoms. The van der Waals surface area contributed by atoms with Crippen LogP contribution in [0.2, 0.25) is 0 Å². The maximum atomic E-state index is 5.68. The normalized spacial score (nSPS) is 25.7. The summed E-state index contributed by atoms with van der Waals surface area (Å²) in [4.78, 5) is 0. The quantitative estimate of drug-likeness (QED) is 0.754. The number of benzene rings is 1. The van der Waals surface area contributed by atoms with Crippen LogP contribution in [0.5, 0.6) is 0 Å². The molecule has 2 heteroatoms. The van der Waals surface area contributed by atoms with Gasteiger partial charge in [-0.3, -0.25) is 0 Å². The van der Waals surface area contributed by atoms with Crippen LogP contribution in [0.3, 0.4) is 0 Å². The molecular formula is C13H18O2.